The predicted molar refractivity (Wildman–Crippen MR) is 100 cm³/mol. The lowest BCUT2D eigenvalue weighted by molar-refractivity contribution is 0.475. The molecule has 4 aromatic carbocycles. The molecule has 2 heteroatoms. The summed E-state index contributed by atoms with van der Waals surface area (Å²) in [5.41, 5.74) is 3.21. The van der Waals surface area contributed by atoms with Gasteiger partial charge in [-0.1, -0.05) is 54.6 Å². The molecule has 1 N–H and O–H groups in total. The fourth-order valence-corrected chi connectivity index (χ4v) is 3.01. The summed E-state index contributed by atoms with van der Waals surface area (Å²) < 4.78 is 0. The Morgan fingerprint density at radius 3 is 1.96 bits per heavy atom. The van der Waals surface area contributed by atoms with Crippen LogP contribution in [0.5, 0.6) is 5.75 Å². The second-order valence-corrected chi connectivity index (χ2v) is 5.69. The van der Waals surface area contributed by atoms with E-state index in [1.807, 2.05) is 30.3 Å². The molecule has 0 heterocycles. The quantitative estimate of drug-likeness (QED) is 0.500. The molecule has 0 aliphatic heterocycles. The fourth-order valence-electron chi connectivity index (χ4n) is 3.01. The monoisotopic (exact) mass is 311 g/mol. The molecule has 4 aromatic rings. The van der Waals surface area contributed by atoms with Gasteiger partial charge in [-0.2, -0.15) is 0 Å². The third kappa shape index (κ3) is 2.59. The summed E-state index contributed by atoms with van der Waals surface area (Å²) in [6.45, 7) is 0. The number of nitrogens with zero attached hydrogens (tertiary/aromatic N) is 1. The Labute approximate surface area is 141 Å². The summed E-state index contributed by atoms with van der Waals surface area (Å²) in [5, 5.41) is 12.0. The number of phenolic OH excluding ortho intramolecular Hbond substituents is 1. The summed E-state index contributed by atoms with van der Waals surface area (Å²) in [5.74, 6) is 0.268. The molecular formula is C22H17NO. The maximum Gasteiger partial charge on any atom is 0.115 e. The summed E-state index contributed by atoms with van der Waals surface area (Å²) in [6, 6.07) is 32.3. The number of hydrogen-bond acceptors (Lipinski definition) is 2. The highest BCUT2D eigenvalue weighted by Crippen LogP contribution is 2.38. The first-order valence-electron chi connectivity index (χ1n) is 7.95. The lowest BCUT2D eigenvalue weighted by Crippen LogP contribution is -2.10. The first kappa shape index (κ1) is 14.3. The lowest BCUT2D eigenvalue weighted by Gasteiger charge is -2.26. The van der Waals surface area contributed by atoms with Crippen LogP contribution in [0.25, 0.3) is 10.8 Å². The van der Waals surface area contributed by atoms with Crippen LogP contribution in [0.3, 0.4) is 0 Å². The summed E-state index contributed by atoms with van der Waals surface area (Å²) in [4.78, 5) is 2.21. The molecular weight excluding hydrogens is 294 g/mol. The predicted octanol–water partition coefficient (Wildman–Crippen LogP) is 6.02. The van der Waals surface area contributed by atoms with Gasteiger partial charge < -0.3 is 10.0 Å². The van der Waals surface area contributed by atoms with Gasteiger partial charge in [-0.15, -0.1) is 0 Å². The molecule has 0 unspecified atom stereocenters. The van der Waals surface area contributed by atoms with Crippen LogP contribution < -0.4 is 4.90 Å². The Hall–Kier alpha value is -3.26. The Balaban J connectivity index is 1.97. The van der Waals surface area contributed by atoms with Crippen molar-refractivity contribution in [3.8, 4) is 5.75 Å². The van der Waals surface area contributed by atoms with Crippen molar-refractivity contribution < 1.29 is 5.11 Å². The largest absolute Gasteiger partial charge is 0.508 e. The molecule has 0 aliphatic rings. The second-order valence-electron chi connectivity index (χ2n) is 5.69. The highest BCUT2D eigenvalue weighted by molar-refractivity contribution is 5.98. The van der Waals surface area contributed by atoms with Crippen LogP contribution in [0, 0.1) is 0 Å². The molecule has 0 aliphatic carbocycles. The number of fused-ring (bicyclic) bond motifs is 1. The molecule has 0 aromatic heterocycles. The average Bonchev–Trinajstić information content (AvgIpc) is 2.65. The number of rotatable bonds is 3. The van der Waals surface area contributed by atoms with Crippen LogP contribution in [-0.4, -0.2) is 5.11 Å². The smallest absolute Gasteiger partial charge is 0.115 e. The number of phenols is 1. The van der Waals surface area contributed by atoms with E-state index in [0.29, 0.717) is 0 Å². The third-order valence-corrected chi connectivity index (χ3v) is 4.13. The van der Waals surface area contributed by atoms with Gasteiger partial charge in [-0.25, -0.2) is 0 Å². The van der Waals surface area contributed by atoms with Crippen LogP contribution >= 0.6 is 0 Å². The summed E-state index contributed by atoms with van der Waals surface area (Å²) >= 11 is 0. The minimum Gasteiger partial charge on any atom is -0.508 e. The van der Waals surface area contributed by atoms with Crippen molar-refractivity contribution in [1.29, 1.82) is 0 Å². The SMILES string of the molecule is Oc1ccc(N(c2ccccc2)c2cccc3ccccc23)cc1. The normalized spacial score (nSPS) is 10.7. The molecule has 0 saturated heterocycles. The molecule has 0 spiro atoms. The molecule has 0 saturated carbocycles. The molecule has 0 fully saturated rings. The van der Waals surface area contributed by atoms with Crippen molar-refractivity contribution in [3.63, 3.8) is 0 Å². The summed E-state index contributed by atoms with van der Waals surface area (Å²) in [6.07, 6.45) is 0. The first-order chi connectivity index (χ1) is 11.8. The molecule has 116 valence electrons. The fraction of sp³-hybridized carbons (Fsp3) is 0. The molecule has 24 heavy (non-hydrogen) atoms. The average molecular weight is 311 g/mol. The van der Waals surface area contributed by atoms with Gasteiger partial charge in [-0.3, -0.25) is 0 Å². The van der Waals surface area contributed by atoms with Gasteiger partial charge in [0.1, 0.15) is 5.75 Å². The molecule has 0 radical (unpaired) electrons. The van der Waals surface area contributed by atoms with Gasteiger partial charge in [0.05, 0.1) is 5.69 Å². The number of hydrogen-bond donors (Lipinski definition) is 1. The first-order valence-corrected chi connectivity index (χ1v) is 7.95. The van der Waals surface area contributed by atoms with Crippen molar-refractivity contribution in [2.45, 2.75) is 0 Å². The van der Waals surface area contributed by atoms with Gasteiger partial charge >= 0.3 is 0 Å². The van der Waals surface area contributed by atoms with E-state index in [1.54, 1.807) is 12.1 Å². The topological polar surface area (TPSA) is 23.5 Å². The van der Waals surface area contributed by atoms with Gasteiger partial charge in [0, 0.05) is 16.8 Å². The molecule has 2 nitrogen and oxygen atoms in total. The van der Waals surface area contributed by atoms with Crippen molar-refractivity contribution in [3.05, 3.63) is 97.1 Å². The summed E-state index contributed by atoms with van der Waals surface area (Å²) in [7, 11) is 0. The number of aromatic hydroxyl groups is 1. The van der Waals surface area contributed by atoms with Crippen LogP contribution in [-0.2, 0) is 0 Å². The van der Waals surface area contributed by atoms with E-state index in [9.17, 15) is 5.11 Å². The van der Waals surface area contributed by atoms with E-state index in [4.69, 9.17) is 0 Å². The van der Waals surface area contributed by atoms with Crippen molar-refractivity contribution in [1.82, 2.24) is 0 Å². The second kappa shape index (κ2) is 6.09. The van der Waals surface area contributed by atoms with Gasteiger partial charge in [-0.05, 0) is 47.9 Å². The van der Waals surface area contributed by atoms with Gasteiger partial charge in [0.2, 0.25) is 0 Å². The van der Waals surface area contributed by atoms with Crippen LogP contribution in [0.15, 0.2) is 97.1 Å². The van der Waals surface area contributed by atoms with Crippen molar-refractivity contribution in [2.24, 2.45) is 0 Å². The van der Waals surface area contributed by atoms with Gasteiger partial charge in [0.15, 0.2) is 0 Å². The van der Waals surface area contributed by atoms with Gasteiger partial charge in [0.25, 0.3) is 0 Å². The van der Waals surface area contributed by atoms with Crippen molar-refractivity contribution >= 4 is 27.8 Å². The van der Waals surface area contributed by atoms with Crippen LogP contribution in [0.2, 0.25) is 0 Å². The highest BCUT2D eigenvalue weighted by atomic mass is 16.3. The standard InChI is InChI=1S/C22H17NO/c24-20-15-13-19(14-16-20)23(18-9-2-1-3-10-18)22-12-6-8-17-7-4-5-11-21(17)22/h1-16,24H. The molecule has 0 bridgehead atoms. The lowest BCUT2D eigenvalue weighted by atomic mass is 10.1. The van der Waals surface area contributed by atoms with E-state index >= 15 is 0 Å². The Morgan fingerprint density at radius 2 is 1.17 bits per heavy atom. The minimum atomic E-state index is 0.268. The highest BCUT2D eigenvalue weighted by Gasteiger charge is 2.14. The Morgan fingerprint density at radius 1 is 0.542 bits per heavy atom. The van der Waals surface area contributed by atoms with Crippen LogP contribution in [0.1, 0.15) is 0 Å². The van der Waals surface area contributed by atoms with E-state index < -0.39 is 0 Å². The van der Waals surface area contributed by atoms with Crippen LogP contribution in [0.4, 0.5) is 17.1 Å². The number of benzene rings is 4. The minimum absolute atomic E-state index is 0.268. The Kier molecular flexibility index (Phi) is 3.64. The zero-order valence-electron chi connectivity index (χ0n) is 13.1. The van der Waals surface area contributed by atoms with Crippen molar-refractivity contribution in [2.75, 3.05) is 4.90 Å². The Bertz CT molecular complexity index is 957. The zero-order chi connectivity index (χ0) is 16.4. The third-order valence-electron chi connectivity index (χ3n) is 4.13. The maximum absolute atomic E-state index is 9.63. The van der Waals surface area contributed by atoms with E-state index in [-0.39, 0.29) is 5.75 Å². The molecule has 0 atom stereocenters. The number of anilines is 3. The zero-order valence-corrected chi connectivity index (χ0v) is 13.1. The maximum atomic E-state index is 9.63. The van der Waals surface area contributed by atoms with E-state index in [0.717, 1.165) is 17.1 Å². The number of para-hydroxylation sites is 1. The van der Waals surface area contributed by atoms with E-state index in [1.165, 1.54) is 10.8 Å². The molecule has 0 amide bonds. The molecule has 4 rings (SSSR count). The van der Waals surface area contributed by atoms with E-state index in [2.05, 4.69) is 59.5 Å².